The van der Waals surface area contributed by atoms with Crippen molar-refractivity contribution in [1.29, 1.82) is 0 Å². The minimum atomic E-state index is 0. The molecule has 0 saturated carbocycles. The Morgan fingerprint density at radius 2 is 1.76 bits per heavy atom. The van der Waals surface area contributed by atoms with E-state index in [-0.39, 0.29) is 12.4 Å². The predicted octanol–water partition coefficient (Wildman–Crippen LogP) is 3.24. The molecule has 0 bridgehead atoms. The lowest BCUT2D eigenvalue weighted by molar-refractivity contribution is -0.00000487. The fourth-order valence-electron chi connectivity index (χ4n) is 2.68. The molecular formula is C19H17ClN4S. The highest BCUT2D eigenvalue weighted by atomic mass is 35.5. The van der Waals surface area contributed by atoms with Crippen molar-refractivity contribution in [2.75, 3.05) is 0 Å². The summed E-state index contributed by atoms with van der Waals surface area (Å²) in [6.45, 7) is 2.07. The van der Waals surface area contributed by atoms with Crippen LogP contribution in [0, 0.1) is 6.92 Å². The van der Waals surface area contributed by atoms with E-state index >= 15 is 0 Å². The molecule has 1 N–H and O–H groups in total. The summed E-state index contributed by atoms with van der Waals surface area (Å²) in [7, 11) is 2.01. The van der Waals surface area contributed by atoms with Gasteiger partial charge < -0.3 is 17.4 Å². The molecule has 2 heterocycles. The van der Waals surface area contributed by atoms with Crippen LogP contribution in [0.15, 0.2) is 70.2 Å². The number of thiazole rings is 1. The Bertz CT molecular complexity index is 1030. The van der Waals surface area contributed by atoms with Crippen LogP contribution in [0.1, 0.15) is 5.69 Å². The van der Waals surface area contributed by atoms with Gasteiger partial charge in [0.25, 0.3) is 0 Å². The summed E-state index contributed by atoms with van der Waals surface area (Å²) in [5, 5.41) is 13.1. The maximum atomic E-state index is 4.60. The molecule has 2 aromatic carbocycles. The van der Waals surface area contributed by atoms with Crippen LogP contribution in [0.25, 0.3) is 22.2 Å². The number of para-hydroxylation sites is 1. The van der Waals surface area contributed by atoms with Crippen LogP contribution in [-0.4, -0.2) is 9.55 Å². The standard InChI is InChI=1S/C19H17N4S.ClH/c1-13-12-24-19(23(13)2)22-21-18-15-10-6-7-11-16(15)20-17(18)14-8-4-3-5-9-14;/h3-12,20H,1-2H3;1H/q+1;/p-1. The van der Waals surface area contributed by atoms with Gasteiger partial charge >= 0.3 is 5.13 Å². The molecule has 4 aromatic rings. The lowest BCUT2D eigenvalue weighted by Crippen LogP contribution is -3.00. The summed E-state index contributed by atoms with van der Waals surface area (Å²) in [5.74, 6) is 0. The molecular weight excluding hydrogens is 352 g/mol. The maximum Gasteiger partial charge on any atom is 0.317 e. The number of benzene rings is 2. The lowest BCUT2D eigenvalue weighted by Gasteiger charge is -1.99. The minimum absolute atomic E-state index is 0. The van der Waals surface area contributed by atoms with E-state index in [1.165, 1.54) is 5.69 Å². The summed E-state index contributed by atoms with van der Waals surface area (Å²) in [5.41, 5.74) is 5.22. The summed E-state index contributed by atoms with van der Waals surface area (Å²) in [4.78, 5) is 3.48. The van der Waals surface area contributed by atoms with Crippen LogP contribution in [0.3, 0.4) is 0 Å². The highest BCUT2D eigenvalue weighted by molar-refractivity contribution is 7.13. The number of aromatic nitrogens is 2. The Labute approximate surface area is 156 Å². The van der Waals surface area contributed by atoms with E-state index in [2.05, 4.69) is 51.8 Å². The zero-order chi connectivity index (χ0) is 16.5. The first-order chi connectivity index (χ1) is 11.7. The summed E-state index contributed by atoms with van der Waals surface area (Å²) in [6.07, 6.45) is 0. The third-order valence-electron chi connectivity index (χ3n) is 4.13. The molecule has 4 nitrogen and oxygen atoms in total. The van der Waals surface area contributed by atoms with Gasteiger partial charge in [-0.05, 0) is 11.2 Å². The van der Waals surface area contributed by atoms with Crippen molar-refractivity contribution in [2.24, 2.45) is 17.3 Å². The molecule has 0 saturated heterocycles. The molecule has 0 amide bonds. The number of hydrogen-bond acceptors (Lipinski definition) is 3. The van der Waals surface area contributed by atoms with Crippen LogP contribution < -0.4 is 12.4 Å². The molecule has 126 valence electrons. The minimum Gasteiger partial charge on any atom is -1.00 e. The number of nitrogens with zero attached hydrogens (tertiary/aromatic N) is 3. The van der Waals surface area contributed by atoms with Gasteiger partial charge in [-0.15, -0.1) is 5.11 Å². The van der Waals surface area contributed by atoms with E-state index in [0.717, 1.165) is 33.0 Å². The van der Waals surface area contributed by atoms with Crippen LogP contribution in [0.4, 0.5) is 10.8 Å². The highest BCUT2D eigenvalue weighted by Crippen LogP contribution is 2.38. The number of aromatic amines is 1. The molecule has 0 aliphatic heterocycles. The number of H-pyrrole nitrogens is 1. The van der Waals surface area contributed by atoms with Crippen molar-refractivity contribution in [3.05, 3.63) is 65.7 Å². The molecule has 6 heteroatoms. The predicted molar refractivity (Wildman–Crippen MR) is 100 cm³/mol. The van der Waals surface area contributed by atoms with Crippen LogP contribution in [0.2, 0.25) is 0 Å². The first-order valence-electron chi connectivity index (χ1n) is 7.76. The summed E-state index contributed by atoms with van der Waals surface area (Å²) < 4.78 is 2.05. The SMILES string of the molecule is Cc1cs[c+](N=Nc2c(-c3ccccc3)[nH]c3ccccc23)n1C.[Cl-]. The van der Waals surface area contributed by atoms with Gasteiger partial charge in [-0.2, -0.15) is 0 Å². The lowest BCUT2D eigenvalue weighted by atomic mass is 10.1. The second-order valence-corrected chi connectivity index (χ2v) is 6.52. The molecule has 0 unspecified atom stereocenters. The Balaban J connectivity index is 0.00000182. The molecule has 0 aliphatic carbocycles. The summed E-state index contributed by atoms with van der Waals surface area (Å²) >= 11 is 1.60. The third kappa shape index (κ3) is 3.21. The van der Waals surface area contributed by atoms with Crippen molar-refractivity contribution in [3.63, 3.8) is 0 Å². The van der Waals surface area contributed by atoms with Gasteiger partial charge in [0, 0.05) is 41.8 Å². The number of azo groups is 1. The first-order valence-corrected chi connectivity index (χ1v) is 8.64. The number of hydrogen-bond donors (Lipinski definition) is 1. The van der Waals surface area contributed by atoms with Crippen molar-refractivity contribution in [1.82, 2.24) is 9.55 Å². The van der Waals surface area contributed by atoms with Crippen molar-refractivity contribution in [3.8, 4) is 11.3 Å². The molecule has 0 radical (unpaired) electrons. The maximum absolute atomic E-state index is 4.60. The number of halogens is 1. The van der Waals surface area contributed by atoms with Gasteiger partial charge in [-0.1, -0.05) is 48.5 Å². The van der Waals surface area contributed by atoms with Gasteiger partial charge in [0.15, 0.2) is 11.1 Å². The average Bonchev–Trinajstić information content (AvgIpc) is 3.15. The molecule has 4 rings (SSSR count). The second kappa shape index (κ2) is 7.17. The van der Waals surface area contributed by atoms with Crippen molar-refractivity contribution in [2.45, 2.75) is 6.92 Å². The normalized spacial score (nSPS) is 11.1. The third-order valence-corrected chi connectivity index (χ3v) is 5.15. The number of nitrogens with one attached hydrogen (secondary N) is 1. The zero-order valence-electron chi connectivity index (χ0n) is 13.9. The van der Waals surface area contributed by atoms with E-state index in [1.54, 1.807) is 11.3 Å². The topological polar surface area (TPSA) is 45.4 Å². The van der Waals surface area contributed by atoms with Gasteiger partial charge in [0.05, 0.1) is 5.69 Å². The quantitative estimate of drug-likeness (QED) is 0.426. The van der Waals surface area contributed by atoms with Gasteiger partial charge in [0.1, 0.15) is 5.69 Å². The Morgan fingerprint density at radius 1 is 1.04 bits per heavy atom. The first kappa shape index (κ1) is 17.3. The molecule has 0 aliphatic rings. The molecule has 0 atom stereocenters. The molecule has 2 aromatic heterocycles. The largest absolute Gasteiger partial charge is 1.00 e. The Morgan fingerprint density at radius 3 is 2.48 bits per heavy atom. The van der Waals surface area contributed by atoms with Crippen LogP contribution >= 0.6 is 11.3 Å². The zero-order valence-corrected chi connectivity index (χ0v) is 15.5. The highest BCUT2D eigenvalue weighted by Gasteiger charge is 2.15. The Hall–Kier alpha value is -2.50. The number of aryl methyl sites for hydroxylation is 1. The van der Waals surface area contributed by atoms with Gasteiger partial charge in [-0.25, -0.2) is 4.57 Å². The van der Waals surface area contributed by atoms with E-state index in [4.69, 9.17) is 0 Å². The Kier molecular flexibility index (Phi) is 4.97. The van der Waals surface area contributed by atoms with Crippen molar-refractivity contribution >= 4 is 33.1 Å². The average molecular weight is 369 g/mol. The molecule has 0 fully saturated rings. The van der Waals surface area contributed by atoms with E-state index in [1.807, 2.05) is 41.9 Å². The monoisotopic (exact) mass is 368 g/mol. The molecule has 25 heavy (non-hydrogen) atoms. The summed E-state index contributed by atoms with van der Waals surface area (Å²) in [6, 6.07) is 18.4. The second-order valence-electron chi connectivity index (χ2n) is 5.68. The van der Waals surface area contributed by atoms with E-state index < -0.39 is 0 Å². The van der Waals surface area contributed by atoms with E-state index in [9.17, 15) is 0 Å². The van der Waals surface area contributed by atoms with Crippen LogP contribution in [-0.2, 0) is 7.05 Å². The van der Waals surface area contributed by atoms with E-state index in [0.29, 0.717) is 0 Å². The number of fused-ring (bicyclic) bond motifs is 1. The van der Waals surface area contributed by atoms with Gasteiger partial charge in [0.2, 0.25) is 0 Å². The van der Waals surface area contributed by atoms with Gasteiger partial charge in [-0.3, -0.25) is 0 Å². The fourth-order valence-corrected chi connectivity index (χ4v) is 3.50. The smallest absolute Gasteiger partial charge is 0.317 e. The molecule has 0 spiro atoms. The fraction of sp³-hybridized carbons (Fsp3) is 0.105. The van der Waals surface area contributed by atoms with Crippen LogP contribution in [0.5, 0.6) is 0 Å². The number of rotatable bonds is 3. The van der Waals surface area contributed by atoms with Crippen molar-refractivity contribution < 1.29 is 12.4 Å².